The summed E-state index contributed by atoms with van der Waals surface area (Å²) in [4.78, 5) is 41.1. The lowest BCUT2D eigenvalue weighted by atomic mass is 9.76. The van der Waals surface area contributed by atoms with E-state index >= 15 is 0 Å². The molecule has 170 valence electrons. The highest BCUT2D eigenvalue weighted by Gasteiger charge is 2.46. The monoisotopic (exact) mass is 451 g/mol. The highest BCUT2D eigenvalue weighted by molar-refractivity contribution is 6.07. The third kappa shape index (κ3) is 3.94. The van der Waals surface area contributed by atoms with E-state index in [1.54, 1.807) is 0 Å². The van der Waals surface area contributed by atoms with Gasteiger partial charge in [-0.3, -0.25) is 9.59 Å². The second kappa shape index (κ2) is 9.10. The summed E-state index contributed by atoms with van der Waals surface area (Å²) in [6.07, 6.45) is 3.81. The zero-order valence-electron chi connectivity index (χ0n) is 18.9. The minimum atomic E-state index is -1.05. The molecule has 0 radical (unpaired) electrons. The third-order valence-electron chi connectivity index (χ3n) is 6.65. The van der Waals surface area contributed by atoms with Gasteiger partial charge < -0.3 is 4.74 Å². The summed E-state index contributed by atoms with van der Waals surface area (Å²) >= 11 is 0. The van der Waals surface area contributed by atoms with Crippen LogP contribution in [0, 0.1) is 5.92 Å². The van der Waals surface area contributed by atoms with Gasteiger partial charge in [0.25, 0.3) is 0 Å². The predicted octanol–water partition coefficient (Wildman–Crippen LogP) is 5.10. The number of benzene rings is 3. The topological polar surface area (TPSA) is 63.7 Å². The van der Waals surface area contributed by atoms with Gasteiger partial charge in [0.2, 0.25) is 5.91 Å². The van der Waals surface area contributed by atoms with Gasteiger partial charge in [-0.1, -0.05) is 91.0 Å². The number of rotatable bonds is 5. The molecule has 3 aromatic carbocycles. The van der Waals surface area contributed by atoms with Crippen molar-refractivity contribution in [1.29, 1.82) is 0 Å². The van der Waals surface area contributed by atoms with Crippen molar-refractivity contribution < 1.29 is 19.1 Å². The molecule has 0 spiro atoms. The Hall–Kier alpha value is -3.99. The number of ether oxygens (including phenoxy) is 1. The van der Waals surface area contributed by atoms with Crippen LogP contribution in [0.5, 0.6) is 0 Å². The van der Waals surface area contributed by atoms with Gasteiger partial charge in [0.15, 0.2) is 0 Å². The number of hydrogen-bond donors (Lipinski definition) is 0. The van der Waals surface area contributed by atoms with Crippen molar-refractivity contribution >= 4 is 29.9 Å². The molecule has 2 aliphatic rings. The Morgan fingerprint density at radius 1 is 0.882 bits per heavy atom. The van der Waals surface area contributed by atoms with Crippen LogP contribution in [0.15, 0.2) is 78.9 Å². The first-order valence-corrected chi connectivity index (χ1v) is 11.4. The maximum atomic E-state index is 14.0. The van der Waals surface area contributed by atoms with Crippen molar-refractivity contribution in [2.75, 3.05) is 6.61 Å². The molecule has 0 aromatic heterocycles. The summed E-state index contributed by atoms with van der Waals surface area (Å²) in [6.45, 7) is 1.54. The van der Waals surface area contributed by atoms with Crippen molar-refractivity contribution in [3.8, 4) is 0 Å². The van der Waals surface area contributed by atoms with Crippen molar-refractivity contribution in [2.45, 2.75) is 25.3 Å². The largest absolute Gasteiger partial charge is 0.447 e. The maximum absolute atomic E-state index is 14.0. The van der Waals surface area contributed by atoms with Crippen molar-refractivity contribution in [3.63, 3.8) is 0 Å². The number of amides is 2. The molecule has 1 fully saturated rings. The normalized spacial score (nSPS) is 18.0. The Morgan fingerprint density at radius 2 is 1.44 bits per heavy atom. The second-order valence-electron chi connectivity index (χ2n) is 8.79. The lowest BCUT2D eigenvalue weighted by Crippen LogP contribution is -2.47. The molecule has 0 saturated carbocycles. The van der Waals surface area contributed by atoms with E-state index in [-0.39, 0.29) is 12.4 Å². The SMILES string of the molecule is CC(=O)[C@H](C(=O)N1C(=O)OC[C@@H]1Cc1ccccc1)C1c2ccccc2C=Cc2ccccc21. The van der Waals surface area contributed by atoms with E-state index in [2.05, 4.69) is 0 Å². The number of hydrogen-bond acceptors (Lipinski definition) is 4. The molecule has 34 heavy (non-hydrogen) atoms. The van der Waals surface area contributed by atoms with Crippen molar-refractivity contribution in [3.05, 3.63) is 107 Å². The minimum absolute atomic E-state index is 0.115. The summed E-state index contributed by atoms with van der Waals surface area (Å²) in [5.41, 5.74) is 4.69. The van der Waals surface area contributed by atoms with Gasteiger partial charge >= 0.3 is 6.09 Å². The van der Waals surface area contributed by atoms with E-state index < -0.39 is 29.9 Å². The Labute approximate surface area is 198 Å². The van der Waals surface area contributed by atoms with E-state index in [4.69, 9.17) is 4.74 Å². The van der Waals surface area contributed by atoms with Gasteiger partial charge in [-0.15, -0.1) is 0 Å². The molecular formula is C29H25NO4. The molecule has 2 amide bonds. The molecule has 5 heteroatoms. The summed E-state index contributed by atoms with van der Waals surface area (Å²) in [5, 5.41) is 0. The predicted molar refractivity (Wildman–Crippen MR) is 130 cm³/mol. The lowest BCUT2D eigenvalue weighted by molar-refractivity contribution is -0.139. The first kappa shape index (κ1) is 21.8. The summed E-state index contributed by atoms with van der Waals surface area (Å²) < 4.78 is 5.29. The number of imide groups is 1. The molecule has 1 aliphatic carbocycles. The molecule has 5 nitrogen and oxygen atoms in total. The van der Waals surface area contributed by atoms with Crippen LogP contribution in [0.2, 0.25) is 0 Å². The van der Waals surface area contributed by atoms with Gasteiger partial charge in [-0.25, -0.2) is 9.69 Å². The molecule has 5 rings (SSSR count). The minimum Gasteiger partial charge on any atom is -0.447 e. The van der Waals surface area contributed by atoms with E-state index in [1.807, 2.05) is 91.0 Å². The fraction of sp³-hybridized carbons (Fsp3) is 0.207. The van der Waals surface area contributed by atoms with Gasteiger partial charge in [0.1, 0.15) is 18.3 Å². The summed E-state index contributed by atoms with van der Waals surface area (Å²) in [5.74, 6) is -2.35. The zero-order chi connectivity index (χ0) is 23.7. The molecule has 2 atom stereocenters. The zero-order valence-corrected chi connectivity index (χ0v) is 18.9. The van der Waals surface area contributed by atoms with Crippen LogP contribution in [0.3, 0.4) is 0 Å². The van der Waals surface area contributed by atoms with Crippen LogP contribution in [0.4, 0.5) is 4.79 Å². The molecule has 3 aromatic rings. The molecule has 1 aliphatic heterocycles. The van der Waals surface area contributed by atoms with Crippen LogP contribution >= 0.6 is 0 Å². The highest BCUT2D eigenvalue weighted by Crippen LogP contribution is 2.41. The standard InChI is InChI=1S/C29H25NO4/c1-19(31)26(28(32)30-23(18-34-29(30)33)17-20-9-3-2-4-10-20)27-24-13-7-5-11-21(24)15-16-22-12-6-8-14-25(22)27/h2-16,23,26-27H,17-18H2,1H3/t23-,26-/m0/s1. The smallest absolute Gasteiger partial charge is 0.417 e. The number of carbonyl (C=O) groups is 3. The van der Waals surface area contributed by atoms with Crippen LogP contribution < -0.4 is 0 Å². The van der Waals surface area contributed by atoms with Gasteiger partial charge in [0, 0.05) is 5.92 Å². The Kier molecular flexibility index (Phi) is 5.84. The number of nitrogens with zero attached hydrogens (tertiary/aromatic N) is 1. The van der Waals surface area contributed by atoms with Crippen LogP contribution in [0.1, 0.15) is 40.7 Å². The average molecular weight is 452 g/mol. The van der Waals surface area contributed by atoms with E-state index in [0.717, 1.165) is 27.8 Å². The fourth-order valence-electron chi connectivity index (χ4n) is 5.07. The molecular weight excluding hydrogens is 426 g/mol. The third-order valence-corrected chi connectivity index (χ3v) is 6.65. The second-order valence-corrected chi connectivity index (χ2v) is 8.79. The van der Waals surface area contributed by atoms with Crippen LogP contribution in [0.25, 0.3) is 12.2 Å². The van der Waals surface area contributed by atoms with Crippen LogP contribution in [-0.2, 0) is 20.7 Å². The first-order chi connectivity index (χ1) is 16.5. The Bertz CT molecular complexity index is 1230. The molecule has 1 saturated heterocycles. The number of Topliss-reactive ketones (excluding diaryl/α,β-unsaturated/α-hetero) is 1. The lowest BCUT2D eigenvalue weighted by Gasteiger charge is -2.30. The number of carbonyl (C=O) groups excluding carboxylic acids is 3. The average Bonchev–Trinajstić information content (AvgIpc) is 3.12. The van der Waals surface area contributed by atoms with Gasteiger partial charge in [-0.05, 0) is 41.2 Å². The first-order valence-electron chi connectivity index (χ1n) is 11.4. The quantitative estimate of drug-likeness (QED) is 0.507. The van der Waals surface area contributed by atoms with Gasteiger partial charge in [-0.2, -0.15) is 0 Å². The summed E-state index contributed by atoms with van der Waals surface area (Å²) in [6, 6.07) is 24.8. The maximum Gasteiger partial charge on any atom is 0.417 e. The fourth-order valence-corrected chi connectivity index (χ4v) is 5.07. The molecule has 1 heterocycles. The number of fused-ring (bicyclic) bond motifs is 2. The number of cyclic esters (lactones) is 1. The van der Waals surface area contributed by atoms with Gasteiger partial charge in [0.05, 0.1) is 6.04 Å². The Balaban J connectivity index is 1.58. The van der Waals surface area contributed by atoms with Crippen molar-refractivity contribution in [1.82, 2.24) is 4.90 Å². The molecule has 0 bridgehead atoms. The number of ketones is 1. The highest BCUT2D eigenvalue weighted by atomic mass is 16.6. The Morgan fingerprint density at radius 3 is 2.03 bits per heavy atom. The van der Waals surface area contributed by atoms with E-state index in [1.165, 1.54) is 11.8 Å². The van der Waals surface area contributed by atoms with E-state index in [0.29, 0.717) is 6.42 Å². The molecule has 0 N–H and O–H groups in total. The van der Waals surface area contributed by atoms with Crippen molar-refractivity contribution in [2.24, 2.45) is 5.92 Å². The van der Waals surface area contributed by atoms with Crippen LogP contribution in [-0.4, -0.2) is 35.3 Å². The summed E-state index contributed by atoms with van der Waals surface area (Å²) in [7, 11) is 0. The van der Waals surface area contributed by atoms with E-state index in [9.17, 15) is 14.4 Å². The molecule has 0 unspecified atom stereocenters.